The van der Waals surface area contributed by atoms with Gasteiger partial charge in [-0.05, 0) is 148 Å². The predicted octanol–water partition coefficient (Wildman–Crippen LogP) is 2.55. The molecule has 330 valence electrons. The number of rotatable bonds is 7. The first-order valence-corrected chi connectivity index (χ1v) is 22.3. The van der Waals surface area contributed by atoms with Crippen molar-refractivity contribution in [1.82, 2.24) is 9.80 Å². The maximum atomic E-state index is 12.0. The van der Waals surface area contributed by atoms with Gasteiger partial charge in [0.25, 0.3) is 0 Å². The number of nitrogens with zero attached hydrogens (tertiary/aromatic N) is 2. The van der Waals surface area contributed by atoms with Gasteiger partial charge in [-0.15, -0.1) is 0 Å². The molecule has 14 heteroatoms. The third kappa shape index (κ3) is 7.32. The van der Waals surface area contributed by atoms with Crippen LogP contribution in [0.2, 0.25) is 0 Å². The summed E-state index contributed by atoms with van der Waals surface area (Å²) in [5.41, 5.74) is 3.34. The zero-order valence-corrected chi connectivity index (χ0v) is 34.4. The lowest BCUT2D eigenvalue weighted by molar-refractivity contribution is -0.171. The number of phenols is 2. The molecule has 4 saturated carbocycles. The van der Waals surface area contributed by atoms with Crippen molar-refractivity contribution in [2.75, 3.05) is 26.2 Å². The van der Waals surface area contributed by atoms with Crippen LogP contribution in [-0.4, -0.2) is 147 Å². The molecule has 2 aromatic carbocycles. The highest BCUT2D eigenvalue weighted by Crippen LogP contribution is 2.60. The molecular weight excluding hydrogens is 773 g/mol. The molecule has 14 nitrogen and oxygen atoms in total. The first kappa shape index (κ1) is 43.3. The minimum Gasteiger partial charge on any atom is -0.508 e. The number of hydrogen-bond donors (Lipinski definition) is 10. The molecule has 4 bridgehead atoms. The summed E-state index contributed by atoms with van der Waals surface area (Å²) in [5, 5.41) is 95.8. The molecule has 0 amide bonds. The van der Waals surface area contributed by atoms with Gasteiger partial charge in [-0.25, -0.2) is 9.59 Å². The molecule has 0 radical (unpaired) electrons. The summed E-state index contributed by atoms with van der Waals surface area (Å²) >= 11 is 0. The average Bonchev–Trinajstić information content (AvgIpc) is 3.18. The van der Waals surface area contributed by atoms with Crippen LogP contribution in [-0.2, 0) is 33.3 Å². The molecule has 2 heterocycles. The maximum Gasteiger partial charge on any atom is 0.335 e. The van der Waals surface area contributed by atoms with Gasteiger partial charge >= 0.3 is 11.9 Å². The van der Waals surface area contributed by atoms with Crippen LogP contribution in [0, 0.1) is 11.8 Å². The van der Waals surface area contributed by atoms with Crippen LogP contribution in [0.3, 0.4) is 0 Å². The number of benzene rings is 2. The highest BCUT2D eigenvalue weighted by Gasteiger charge is 2.65. The van der Waals surface area contributed by atoms with E-state index >= 15 is 0 Å². The Morgan fingerprint density at radius 3 is 1.32 bits per heavy atom. The summed E-state index contributed by atoms with van der Waals surface area (Å²) < 4.78 is 0. The second kappa shape index (κ2) is 16.4. The summed E-state index contributed by atoms with van der Waals surface area (Å²) in [6.07, 6.45) is 11.0. The fourth-order valence-corrected chi connectivity index (χ4v) is 13.3. The van der Waals surface area contributed by atoms with Crippen LogP contribution >= 0.6 is 0 Å². The molecule has 2 saturated heterocycles. The maximum absolute atomic E-state index is 12.0. The van der Waals surface area contributed by atoms with Crippen molar-refractivity contribution in [3.8, 4) is 11.5 Å². The smallest absolute Gasteiger partial charge is 0.335 e. The van der Waals surface area contributed by atoms with Gasteiger partial charge in [-0.2, -0.15) is 0 Å². The van der Waals surface area contributed by atoms with E-state index in [0.29, 0.717) is 23.3 Å². The standard InChI is InChI=1S/2C21H29NO3.C4H6O6/c2*23-16-4-3-15-11-19-21(25)6-2-1-5-20(21,18(15)12-16)7-8-22(19)13-14-9-17(24)10-14;5-1(3(7)8)2(6)4(9)10/h2*3-4,12,14,17,19,23-25H,1-2,5-11,13H2;1-2,5-6H,(H,7,8)(H,9,10)/t2*14?,17?,19-,20+,21-;1-,2-/m111/s1. The number of piperidine rings is 2. The molecule has 6 fully saturated rings. The monoisotopic (exact) mass is 836 g/mol. The Balaban J connectivity index is 0.000000137. The molecule has 10 rings (SSSR count). The largest absolute Gasteiger partial charge is 0.508 e. The van der Waals surface area contributed by atoms with Crippen molar-refractivity contribution in [2.24, 2.45) is 11.8 Å². The van der Waals surface area contributed by atoms with E-state index in [2.05, 4.69) is 21.9 Å². The molecule has 0 unspecified atom stereocenters. The van der Waals surface area contributed by atoms with Gasteiger partial charge in [0.2, 0.25) is 0 Å². The second-order valence-corrected chi connectivity index (χ2v) is 19.6. The fourth-order valence-electron chi connectivity index (χ4n) is 13.3. The van der Waals surface area contributed by atoms with E-state index in [4.69, 9.17) is 20.4 Å². The summed E-state index contributed by atoms with van der Waals surface area (Å²) in [4.78, 5) is 24.6. The topological polar surface area (TPSA) is 243 Å². The highest BCUT2D eigenvalue weighted by atomic mass is 16.4. The zero-order chi connectivity index (χ0) is 42.8. The van der Waals surface area contributed by atoms with E-state index in [1.807, 2.05) is 12.1 Å². The van der Waals surface area contributed by atoms with Gasteiger partial charge in [-0.1, -0.05) is 37.8 Å². The quantitative estimate of drug-likeness (QED) is 0.193. The number of hydrogen-bond acceptors (Lipinski definition) is 12. The minimum absolute atomic E-state index is 0.110. The number of carbonyl (C=O) groups is 2. The number of phenolic OH excluding ortho intramolecular Hbond substituents is 2. The average molecular weight is 837 g/mol. The Hall–Kier alpha value is -3.34. The fraction of sp³-hybridized carbons (Fsp3) is 0.696. The van der Waals surface area contributed by atoms with Crippen molar-refractivity contribution in [2.45, 2.75) is 161 Å². The summed E-state index contributed by atoms with van der Waals surface area (Å²) in [7, 11) is 0. The van der Waals surface area contributed by atoms with Gasteiger partial charge < -0.3 is 51.1 Å². The summed E-state index contributed by atoms with van der Waals surface area (Å²) in [6, 6.07) is 12.0. The van der Waals surface area contributed by atoms with Crippen LogP contribution in [0.4, 0.5) is 0 Å². The molecule has 0 aromatic heterocycles. The number of aliphatic carboxylic acids is 2. The molecule has 60 heavy (non-hydrogen) atoms. The molecule has 2 aromatic rings. The number of aliphatic hydroxyl groups is 6. The number of carboxylic acids is 2. The zero-order valence-electron chi connectivity index (χ0n) is 34.4. The highest BCUT2D eigenvalue weighted by molar-refractivity contribution is 5.83. The lowest BCUT2D eigenvalue weighted by Gasteiger charge is -2.64. The Morgan fingerprint density at radius 2 is 0.967 bits per heavy atom. The molecule has 6 aliphatic carbocycles. The molecule has 10 N–H and O–H groups in total. The molecule has 8 aliphatic rings. The third-order valence-electron chi connectivity index (χ3n) is 16.4. The van der Waals surface area contributed by atoms with Gasteiger partial charge in [-0.3, -0.25) is 9.80 Å². The number of fused-ring (bicyclic) bond motifs is 2. The van der Waals surface area contributed by atoms with E-state index in [-0.39, 0.29) is 35.1 Å². The van der Waals surface area contributed by atoms with Crippen LogP contribution in [0.1, 0.15) is 112 Å². The predicted molar refractivity (Wildman–Crippen MR) is 219 cm³/mol. The molecular formula is C46H64N2O12. The summed E-state index contributed by atoms with van der Waals surface area (Å²) in [5.74, 6) is -1.73. The number of aliphatic hydroxyl groups excluding tert-OH is 4. The van der Waals surface area contributed by atoms with Gasteiger partial charge in [0, 0.05) is 36.0 Å². The third-order valence-corrected chi connectivity index (χ3v) is 16.4. The van der Waals surface area contributed by atoms with Crippen LogP contribution in [0.25, 0.3) is 0 Å². The molecule has 8 atom stereocenters. The van der Waals surface area contributed by atoms with Gasteiger partial charge in [0.1, 0.15) is 11.5 Å². The van der Waals surface area contributed by atoms with Crippen molar-refractivity contribution in [1.29, 1.82) is 0 Å². The minimum atomic E-state index is -2.27. The Morgan fingerprint density at radius 1 is 0.600 bits per heavy atom. The van der Waals surface area contributed by atoms with E-state index in [1.54, 1.807) is 12.1 Å². The normalized spacial score (nSPS) is 38.5. The van der Waals surface area contributed by atoms with E-state index < -0.39 is 35.3 Å². The van der Waals surface area contributed by atoms with Crippen molar-refractivity contribution < 1.29 is 60.7 Å². The van der Waals surface area contributed by atoms with E-state index in [1.165, 1.54) is 35.1 Å². The number of likely N-dealkylation sites (tertiary alicyclic amines) is 2. The summed E-state index contributed by atoms with van der Waals surface area (Å²) in [6.45, 7) is 4.06. The van der Waals surface area contributed by atoms with Gasteiger partial charge in [0.05, 0.1) is 23.4 Å². The number of aromatic hydroxyl groups is 2. The SMILES string of the molecule is O=C(O)[C@H](O)[C@@H](O)C(=O)O.Oc1ccc2c(c1)[C@@]13CCCC[C@@]1(O)[C@@H](C2)N(CC1CC(O)C1)CC3.Oc1ccc2c(c1)[C@@]13CCCC[C@@]1(O)[C@@H](C2)N(CC1CC(O)C1)CC3. The van der Waals surface area contributed by atoms with E-state index in [0.717, 1.165) is 116 Å². The van der Waals surface area contributed by atoms with Crippen LogP contribution < -0.4 is 0 Å². The Bertz CT molecular complexity index is 1780. The lowest BCUT2D eigenvalue weighted by Crippen LogP contribution is -2.72. The van der Waals surface area contributed by atoms with Crippen molar-refractivity contribution >= 4 is 11.9 Å². The van der Waals surface area contributed by atoms with Crippen LogP contribution in [0.5, 0.6) is 11.5 Å². The van der Waals surface area contributed by atoms with Crippen LogP contribution in [0.15, 0.2) is 36.4 Å². The molecule has 0 spiro atoms. The Labute approximate surface area is 351 Å². The first-order chi connectivity index (χ1) is 28.5. The first-order valence-electron chi connectivity index (χ1n) is 22.3. The lowest BCUT2D eigenvalue weighted by atomic mass is 9.49. The van der Waals surface area contributed by atoms with Gasteiger partial charge in [0.15, 0.2) is 12.2 Å². The number of carboxylic acid groups (broad SMARTS) is 2. The second-order valence-electron chi connectivity index (χ2n) is 19.6. The Kier molecular flexibility index (Phi) is 11.8. The van der Waals surface area contributed by atoms with Crippen molar-refractivity contribution in [3.05, 3.63) is 58.7 Å². The van der Waals surface area contributed by atoms with Crippen molar-refractivity contribution in [3.63, 3.8) is 0 Å². The molecule has 2 aliphatic heterocycles. The van der Waals surface area contributed by atoms with E-state index in [9.17, 15) is 40.2 Å².